The lowest BCUT2D eigenvalue weighted by Crippen LogP contribution is -2.22. The average molecular weight is 210 g/mol. The van der Waals surface area contributed by atoms with Crippen molar-refractivity contribution in [3.05, 3.63) is 16.7 Å². The summed E-state index contributed by atoms with van der Waals surface area (Å²) in [6.07, 6.45) is 3.30. The van der Waals surface area contributed by atoms with E-state index in [9.17, 15) is 4.79 Å². The molecule has 1 aliphatic rings. The molecule has 5 N–H and O–H groups in total. The highest BCUT2D eigenvalue weighted by Crippen LogP contribution is 2.44. The van der Waals surface area contributed by atoms with Gasteiger partial charge in [0.05, 0.1) is 12.9 Å². The number of aliphatic hydroxyl groups is 1. The number of anilines is 2. The van der Waals surface area contributed by atoms with Gasteiger partial charge in [0.2, 0.25) is 0 Å². The van der Waals surface area contributed by atoms with Gasteiger partial charge >= 0.3 is 0 Å². The fourth-order valence-corrected chi connectivity index (χ4v) is 1.39. The summed E-state index contributed by atoms with van der Waals surface area (Å²) in [7, 11) is 0. The summed E-state index contributed by atoms with van der Waals surface area (Å²) in [5.41, 5.74) is 5.25. The largest absolute Gasteiger partial charge is 0.396 e. The van der Waals surface area contributed by atoms with Crippen molar-refractivity contribution in [3.8, 4) is 0 Å². The molecule has 0 amide bonds. The van der Waals surface area contributed by atoms with E-state index in [4.69, 9.17) is 10.8 Å². The van der Waals surface area contributed by atoms with Crippen LogP contribution in [-0.2, 0) is 0 Å². The zero-order chi connectivity index (χ0) is 10.9. The van der Waals surface area contributed by atoms with Crippen LogP contribution in [0.3, 0.4) is 0 Å². The van der Waals surface area contributed by atoms with Gasteiger partial charge in [0, 0.05) is 12.0 Å². The van der Waals surface area contributed by atoms with Gasteiger partial charge in [-0.05, 0) is 12.8 Å². The maximum atomic E-state index is 11.1. The van der Waals surface area contributed by atoms with Crippen LogP contribution in [0.4, 0.5) is 11.5 Å². The Kier molecular flexibility index (Phi) is 2.36. The minimum Gasteiger partial charge on any atom is -0.396 e. The Balaban J connectivity index is 2.05. The molecule has 82 valence electrons. The number of nitrogens with zero attached hydrogens (tertiary/aromatic N) is 1. The first-order chi connectivity index (χ1) is 7.17. The molecule has 6 heteroatoms. The summed E-state index contributed by atoms with van der Waals surface area (Å²) in [6.45, 7) is 0.757. The molecule has 0 unspecified atom stereocenters. The second kappa shape index (κ2) is 3.54. The van der Waals surface area contributed by atoms with Crippen LogP contribution >= 0.6 is 0 Å². The first kappa shape index (κ1) is 9.97. The molecule has 0 aliphatic heterocycles. The molecule has 0 spiro atoms. The molecule has 1 aromatic rings. The third-order valence-electron chi connectivity index (χ3n) is 2.81. The normalized spacial score (nSPS) is 17.4. The number of nitrogens with one attached hydrogen (secondary N) is 2. The van der Waals surface area contributed by atoms with Gasteiger partial charge in [-0.1, -0.05) is 0 Å². The molecule has 0 atom stereocenters. The Morgan fingerprint density at radius 1 is 1.67 bits per heavy atom. The van der Waals surface area contributed by atoms with Crippen molar-refractivity contribution in [2.24, 2.45) is 5.41 Å². The minimum atomic E-state index is -0.346. The van der Waals surface area contributed by atoms with E-state index >= 15 is 0 Å². The summed E-state index contributed by atoms with van der Waals surface area (Å²) in [5, 5.41) is 12.1. The van der Waals surface area contributed by atoms with Gasteiger partial charge in [-0.25, -0.2) is 4.98 Å². The predicted molar refractivity (Wildman–Crippen MR) is 56.5 cm³/mol. The van der Waals surface area contributed by atoms with Crippen molar-refractivity contribution in [1.82, 2.24) is 9.97 Å². The number of aromatic nitrogens is 2. The summed E-state index contributed by atoms with van der Waals surface area (Å²) >= 11 is 0. The molecule has 6 nitrogen and oxygen atoms in total. The maximum Gasteiger partial charge on any atom is 0.276 e. The van der Waals surface area contributed by atoms with E-state index in [0.717, 1.165) is 12.8 Å². The molecule has 0 aromatic carbocycles. The van der Waals surface area contributed by atoms with E-state index in [1.54, 1.807) is 0 Å². The molecular weight excluding hydrogens is 196 g/mol. The van der Waals surface area contributed by atoms with E-state index in [0.29, 0.717) is 12.4 Å². The number of H-pyrrole nitrogens is 1. The van der Waals surface area contributed by atoms with Gasteiger partial charge in [-0.2, -0.15) is 0 Å². The summed E-state index contributed by atoms with van der Waals surface area (Å²) in [4.78, 5) is 17.5. The van der Waals surface area contributed by atoms with E-state index in [1.807, 2.05) is 0 Å². The number of hydrogen-bond donors (Lipinski definition) is 4. The number of aliphatic hydroxyl groups excluding tert-OH is 1. The monoisotopic (exact) mass is 210 g/mol. The van der Waals surface area contributed by atoms with E-state index in [1.165, 1.54) is 6.33 Å². The first-order valence-corrected chi connectivity index (χ1v) is 4.85. The highest BCUT2D eigenvalue weighted by atomic mass is 16.3. The molecule has 0 saturated heterocycles. The first-order valence-electron chi connectivity index (χ1n) is 4.85. The molecule has 0 bridgehead atoms. The highest BCUT2D eigenvalue weighted by Gasteiger charge is 2.41. The third kappa shape index (κ3) is 1.94. The third-order valence-corrected chi connectivity index (χ3v) is 2.81. The van der Waals surface area contributed by atoms with E-state index in [-0.39, 0.29) is 23.3 Å². The van der Waals surface area contributed by atoms with Gasteiger partial charge in [0.1, 0.15) is 5.69 Å². The molecule has 1 saturated carbocycles. The summed E-state index contributed by atoms with van der Waals surface area (Å²) < 4.78 is 0. The van der Waals surface area contributed by atoms with Gasteiger partial charge in [0.15, 0.2) is 5.82 Å². The Hall–Kier alpha value is -1.56. The van der Waals surface area contributed by atoms with Crippen molar-refractivity contribution in [2.45, 2.75) is 12.8 Å². The lowest BCUT2D eigenvalue weighted by atomic mass is 10.1. The predicted octanol–water partition coefficient (Wildman–Crippen LogP) is -0.464. The number of nitrogens with two attached hydrogens (primary N) is 1. The van der Waals surface area contributed by atoms with Gasteiger partial charge in [-0.3, -0.25) is 4.79 Å². The zero-order valence-corrected chi connectivity index (χ0v) is 8.29. The standard InChI is InChI=1S/C9H14N4O2/c10-6-7(12-5-13-8(6)15)11-3-9(4-14)1-2-9/h5,14H,1-4,10H2,(H2,11,12,13,15). The fourth-order valence-electron chi connectivity index (χ4n) is 1.39. The van der Waals surface area contributed by atoms with Gasteiger partial charge in [-0.15, -0.1) is 0 Å². The van der Waals surface area contributed by atoms with Crippen molar-refractivity contribution in [3.63, 3.8) is 0 Å². The molecule has 1 aromatic heterocycles. The van der Waals surface area contributed by atoms with Crippen LogP contribution in [0.1, 0.15) is 12.8 Å². The second-order valence-electron chi connectivity index (χ2n) is 4.01. The molecule has 0 radical (unpaired) electrons. The Morgan fingerprint density at radius 2 is 2.40 bits per heavy atom. The maximum absolute atomic E-state index is 11.1. The van der Waals surface area contributed by atoms with Crippen LogP contribution in [0.2, 0.25) is 0 Å². The van der Waals surface area contributed by atoms with Crippen LogP contribution in [0.5, 0.6) is 0 Å². The Labute approximate surface area is 86.5 Å². The van der Waals surface area contributed by atoms with Crippen LogP contribution in [0.25, 0.3) is 0 Å². The van der Waals surface area contributed by atoms with Crippen LogP contribution in [-0.4, -0.2) is 28.2 Å². The lowest BCUT2D eigenvalue weighted by Gasteiger charge is -2.13. The fraction of sp³-hybridized carbons (Fsp3) is 0.556. The van der Waals surface area contributed by atoms with Crippen molar-refractivity contribution < 1.29 is 5.11 Å². The average Bonchev–Trinajstić information content (AvgIpc) is 3.01. The van der Waals surface area contributed by atoms with Crippen LogP contribution in [0, 0.1) is 5.41 Å². The quantitative estimate of drug-likeness (QED) is 0.538. The Morgan fingerprint density at radius 3 is 3.00 bits per heavy atom. The highest BCUT2D eigenvalue weighted by molar-refractivity contribution is 5.59. The summed E-state index contributed by atoms with van der Waals surface area (Å²) in [6, 6.07) is 0. The number of hydrogen-bond acceptors (Lipinski definition) is 5. The molecular formula is C9H14N4O2. The van der Waals surface area contributed by atoms with Gasteiger partial charge < -0.3 is 21.1 Å². The van der Waals surface area contributed by atoms with E-state index < -0.39 is 0 Å². The van der Waals surface area contributed by atoms with Crippen molar-refractivity contribution >= 4 is 11.5 Å². The topological polar surface area (TPSA) is 104 Å². The number of aromatic amines is 1. The van der Waals surface area contributed by atoms with Gasteiger partial charge in [0.25, 0.3) is 5.56 Å². The lowest BCUT2D eigenvalue weighted by molar-refractivity contribution is 0.219. The molecule has 2 rings (SSSR count). The van der Waals surface area contributed by atoms with Crippen molar-refractivity contribution in [2.75, 3.05) is 24.2 Å². The van der Waals surface area contributed by atoms with E-state index in [2.05, 4.69) is 15.3 Å². The number of rotatable bonds is 4. The molecule has 1 aliphatic carbocycles. The molecule has 15 heavy (non-hydrogen) atoms. The smallest absolute Gasteiger partial charge is 0.276 e. The second-order valence-corrected chi connectivity index (χ2v) is 4.01. The van der Waals surface area contributed by atoms with Crippen molar-refractivity contribution in [1.29, 1.82) is 0 Å². The molecule has 1 fully saturated rings. The molecule has 1 heterocycles. The zero-order valence-electron chi connectivity index (χ0n) is 8.29. The SMILES string of the molecule is Nc1c(NCC2(CO)CC2)nc[nH]c1=O. The van der Waals surface area contributed by atoms with Crippen LogP contribution in [0.15, 0.2) is 11.1 Å². The minimum absolute atomic E-state index is 0.0310. The Bertz CT molecular complexity index is 411. The number of nitrogen functional groups attached to an aromatic ring is 1. The summed E-state index contributed by atoms with van der Waals surface area (Å²) in [5.74, 6) is 0.387. The van der Waals surface area contributed by atoms with Crippen LogP contribution < -0.4 is 16.6 Å².